The number of nitrogens with zero attached hydrogens (tertiary/aromatic N) is 1. The second-order valence-corrected chi connectivity index (χ2v) is 5.29. The summed E-state index contributed by atoms with van der Waals surface area (Å²) in [5.41, 5.74) is 0.619. The molecule has 0 aliphatic carbocycles. The van der Waals surface area contributed by atoms with Crippen LogP contribution in [0, 0.1) is 0 Å². The molecule has 2 rings (SSSR count). The minimum Gasteiger partial charge on any atom is -0.336 e. The maximum absolute atomic E-state index is 12.3. The zero-order valence-corrected chi connectivity index (χ0v) is 11.3. The average Bonchev–Trinajstić information content (AvgIpc) is 2.32. The molecule has 0 aromatic heterocycles. The number of hydrogen-bond donors (Lipinski definition) is 0. The van der Waals surface area contributed by atoms with Gasteiger partial charge < -0.3 is 4.90 Å². The molecule has 1 fully saturated rings. The molecular formula is C13H15Cl2NO. The van der Waals surface area contributed by atoms with Gasteiger partial charge in [-0.15, -0.1) is 0 Å². The zero-order valence-electron chi connectivity index (χ0n) is 9.75. The van der Waals surface area contributed by atoms with Crippen LogP contribution in [-0.4, -0.2) is 23.4 Å². The largest absolute Gasteiger partial charge is 0.336 e. The summed E-state index contributed by atoms with van der Waals surface area (Å²) in [6.45, 7) is 2.93. The predicted octanol–water partition coefficient (Wildman–Crippen LogP) is 4.01. The van der Waals surface area contributed by atoms with Crippen LogP contribution in [0.15, 0.2) is 18.2 Å². The van der Waals surface area contributed by atoms with Crippen molar-refractivity contribution < 1.29 is 4.79 Å². The second kappa shape index (κ2) is 5.28. The zero-order chi connectivity index (χ0) is 12.4. The van der Waals surface area contributed by atoms with Crippen LogP contribution in [-0.2, 0) is 0 Å². The summed E-state index contributed by atoms with van der Waals surface area (Å²) in [6, 6.07) is 5.36. The van der Waals surface area contributed by atoms with E-state index in [1.165, 1.54) is 6.42 Å². The molecule has 1 aliphatic heterocycles. The fourth-order valence-electron chi connectivity index (χ4n) is 2.19. The lowest BCUT2D eigenvalue weighted by Gasteiger charge is -2.33. The molecule has 2 nitrogen and oxygen atoms in total. The number of piperidine rings is 1. The van der Waals surface area contributed by atoms with E-state index in [4.69, 9.17) is 23.2 Å². The van der Waals surface area contributed by atoms with Crippen molar-refractivity contribution in [1.82, 2.24) is 4.90 Å². The average molecular weight is 272 g/mol. The van der Waals surface area contributed by atoms with E-state index in [0.29, 0.717) is 21.7 Å². The molecule has 1 unspecified atom stereocenters. The highest BCUT2D eigenvalue weighted by Gasteiger charge is 2.24. The number of amides is 1. The molecule has 17 heavy (non-hydrogen) atoms. The Morgan fingerprint density at radius 1 is 1.29 bits per heavy atom. The lowest BCUT2D eigenvalue weighted by Crippen LogP contribution is -2.42. The van der Waals surface area contributed by atoms with E-state index in [0.717, 1.165) is 19.4 Å². The van der Waals surface area contributed by atoms with Crippen LogP contribution >= 0.6 is 23.2 Å². The molecule has 0 saturated carbocycles. The molecule has 0 N–H and O–H groups in total. The lowest BCUT2D eigenvalue weighted by molar-refractivity contribution is 0.0635. The van der Waals surface area contributed by atoms with Gasteiger partial charge in [0, 0.05) is 18.2 Å². The molecule has 1 aromatic rings. The summed E-state index contributed by atoms with van der Waals surface area (Å²) in [5.74, 6) is 0.0516. The van der Waals surface area contributed by atoms with Gasteiger partial charge in [-0.25, -0.2) is 0 Å². The molecule has 1 heterocycles. The quantitative estimate of drug-likeness (QED) is 0.756. The molecule has 1 aromatic carbocycles. The van der Waals surface area contributed by atoms with E-state index < -0.39 is 0 Å². The van der Waals surface area contributed by atoms with Gasteiger partial charge in [0.2, 0.25) is 0 Å². The number of hydrogen-bond acceptors (Lipinski definition) is 1. The summed E-state index contributed by atoms with van der Waals surface area (Å²) in [6.07, 6.45) is 3.36. The normalized spacial score (nSPS) is 20.4. The van der Waals surface area contributed by atoms with Crippen molar-refractivity contribution in [3.05, 3.63) is 33.8 Å². The van der Waals surface area contributed by atoms with E-state index in [-0.39, 0.29) is 5.91 Å². The molecular weight excluding hydrogens is 257 g/mol. The van der Waals surface area contributed by atoms with Crippen LogP contribution < -0.4 is 0 Å². The first-order valence-electron chi connectivity index (χ1n) is 5.85. The van der Waals surface area contributed by atoms with Crippen LogP contribution in [0.25, 0.3) is 0 Å². The first kappa shape index (κ1) is 12.7. The van der Waals surface area contributed by atoms with Crippen LogP contribution in [0.3, 0.4) is 0 Å². The molecule has 92 valence electrons. The third-order valence-electron chi connectivity index (χ3n) is 3.23. The number of rotatable bonds is 1. The van der Waals surface area contributed by atoms with Gasteiger partial charge in [0.25, 0.3) is 5.91 Å². The van der Waals surface area contributed by atoms with Gasteiger partial charge in [-0.2, -0.15) is 0 Å². The van der Waals surface area contributed by atoms with Gasteiger partial charge in [-0.05, 0) is 44.4 Å². The van der Waals surface area contributed by atoms with Gasteiger partial charge in [0.15, 0.2) is 0 Å². The van der Waals surface area contributed by atoms with Crippen LogP contribution in [0.4, 0.5) is 0 Å². The summed E-state index contributed by atoms with van der Waals surface area (Å²) < 4.78 is 0. The standard InChI is InChI=1S/C13H15Cl2NO/c1-9-4-2-3-7-16(9)13(17)10-5-6-11(14)12(15)8-10/h5-6,8-9H,2-4,7H2,1H3. The molecule has 1 saturated heterocycles. The third-order valence-corrected chi connectivity index (χ3v) is 3.97. The Bertz CT molecular complexity index is 433. The highest BCUT2D eigenvalue weighted by molar-refractivity contribution is 6.42. The predicted molar refractivity (Wildman–Crippen MR) is 70.8 cm³/mol. The van der Waals surface area contributed by atoms with Crippen molar-refractivity contribution >= 4 is 29.1 Å². The van der Waals surface area contributed by atoms with E-state index in [1.807, 2.05) is 4.90 Å². The second-order valence-electron chi connectivity index (χ2n) is 4.47. The third kappa shape index (κ3) is 2.75. The maximum Gasteiger partial charge on any atom is 0.254 e. The molecule has 4 heteroatoms. The summed E-state index contributed by atoms with van der Waals surface area (Å²) >= 11 is 11.8. The van der Waals surface area contributed by atoms with Crippen molar-refractivity contribution in [3.63, 3.8) is 0 Å². The van der Waals surface area contributed by atoms with Gasteiger partial charge in [-0.3, -0.25) is 4.79 Å². The Labute approximate surface area is 112 Å². The first-order valence-corrected chi connectivity index (χ1v) is 6.61. The first-order chi connectivity index (χ1) is 8.09. The van der Waals surface area contributed by atoms with E-state index in [2.05, 4.69) is 6.92 Å². The Morgan fingerprint density at radius 2 is 2.06 bits per heavy atom. The number of halogens is 2. The van der Waals surface area contributed by atoms with E-state index in [1.54, 1.807) is 18.2 Å². The van der Waals surface area contributed by atoms with Crippen LogP contribution in [0.2, 0.25) is 10.0 Å². The fourth-order valence-corrected chi connectivity index (χ4v) is 2.49. The summed E-state index contributed by atoms with van der Waals surface area (Å²) in [7, 11) is 0. The maximum atomic E-state index is 12.3. The minimum atomic E-state index is 0.0516. The molecule has 0 radical (unpaired) electrons. The van der Waals surface area contributed by atoms with Crippen molar-refractivity contribution in [2.75, 3.05) is 6.54 Å². The van der Waals surface area contributed by atoms with Crippen molar-refractivity contribution in [2.45, 2.75) is 32.2 Å². The monoisotopic (exact) mass is 271 g/mol. The molecule has 0 bridgehead atoms. The highest BCUT2D eigenvalue weighted by Crippen LogP contribution is 2.25. The number of benzene rings is 1. The Kier molecular flexibility index (Phi) is 3.95. The van der Waals surface area contributed by atoms with Crippen LogP contribution in [0.5, 0.6) is 0 Å². The SMILES string of the molecule is CC1CCCCN1C(=O)c1ccc(Cl)c(Cl)c1. The molecule has 1 atom stereocenters. The number of carbonyl (C=O) groups excluding carboxylic acids is 1. The van der Waals surface area contributed by atoms with Gasteiger partial charge in [0.1, 0.15) is 0 Å². The van der Waals surface area contributed by atoms with Crippen LogP contribution in [0.1, 0.15) is 36.5 Å². The summed E-state index contributed by atoms with van der Waals surface area (Å²) in [5, 5.41) is 0.914. The van der Waals surface area contributed by atoms with E-state index >= 15 is 0 Å². The van der Waals surface area contributed by atoms with Gasteiger partial charge in [-0.1, -0.05) is 23.2 Å². The van der Waals surface area contributed by atoms with Crippen molar-refractivity contribution in [2.24, 2.45) is 0 Å². The fraction of sp³-hybridized carbons (Fsp3) is 0.462. The topological polar surface area (TPSA) is 20.3 Å². The summed E-state index contributed by atoms with van der Waals surface area (Å²) in [4.78, 5) is 14.2. The van der Waals surface area contributed by atoms with Gasteiger partial charge in [0.05, 0.1) is 10.0 Å². The molecule has 1 aliphatic rings. The molecule has 1 amide bonds. The van der Waals surface area contributed by atoms with Gasteiger partial charge >= 0.3 is 0 Å². The number of carbonyl (C=O) groups is 1. The Hall–Kier alpha value is -0.730. The Morgan fingerprint density at radius 3 is 2.71 bits per heavy atom. The Balaban J connectivity index is 2.21. The minimum absolute atomic E-state index is 0.0516. The lowest BCUT2D eigenvalue weighted by atomic mass is 10.0. The highest BCUT2D eigenvalue weighted by atomic mass is 35.5. The van der Waals surface area contributed by atoms with E-state index in [9.17, 15) is 4.79 Å². The smallest absolute Gasteiger partial charge is 0.254 e. The van der Waals surface area contributed by atoms with Crippen molar-refractivity contribution in [3.8, 4) is 0 Å². The van der Waals surface area contributed by atoms with Crippen molar-refractivity contribution in [1.29, 1.82) is 0 Å². The molecule has 0 spiro atoms. The number of likely N-dealkylation sites (tertiary alicyclic amines) is 1.